The van der Waals surface area contributed by atoms with Gasteiger partial charge in [0.15, 0.2) is 5.65 Å². The lowest BCUT2D eigenvalue weighted by atomic mass is 9.95. The van der Waals surface area contributed by atoms with E-state index in [9.17, 15) is 4.79 Å². The standard InChI is InChI=1S/C14H18N4O/c1-10-16-17-13-12(8-5-9-18(10)13)14(19)15-11-6-3-2-4-7-11/h5,8-9,11H,2-4,6-7H2,1H3,(H,15,19). The summed E-state index contributed by atoms with van der Waals surface area (Å²) in [5.74, 6) is 0.757. The highest BCUT2D eigenvalue weighted by molar-refractivity contribution is 5.99. The van der Waals surface area contributed by atoms with Gasteiger partial charge in [-0.2, -0.15) is 0 Å². The number of fused-ring (bicyclic) bond motifs is 1. The molecule has 0 unspecified atom stereocenters. The van der Waals surface area contributed by atoms with Crippen LogP contribution in [0.5, 0.6) is 0 Å². The summed E-state index contributed by atoms with van der Waals surface area (Å²) in [6, 6.07) is 3.98. The number of pyridine rings is 1. The molecule has 1 fully saturated rings. The highest BCUT2D eigenvalue weighted by Crippen LogP contribution is 2.18. The van der Waals surface area contributed by atoms with Crippen molar-refractivity contribution >= 4 is 11.6 Å². The number of amides is 1. The fourth-order valence-electron chi connectivity index (χ4n) is 2.72. The Morgan fingerprint density at radius 1 is 1.32 bits per heavy atom. The molecule has 1 aliphatic rings. The lowest BCUT2D eigenvalue weighted by Crippen LogP contribution is -2.36. The lowest BCUT2D eigenvalue weighted by Gasteiger charge is -2.22. The second-order valence-electron chi connectivity index (χ2n) is 5.17. The molecule has 0 spiro atoms. The molecule has 0 atom stereocenters. The Bertz CT molecular complexity index is 599. The highest BCUT2D eigenvalue weighted by atomic mass is 16.1. The number of rotatable bonds is 2. The Labute approximate surface area is 112 Å². The van der Waals surface area contributed by atoms with E-state index in [0.29, 0.717) is 17.3 Å². The predicted molar refractivity (Wildman–Crippen MR) is 72.1 cm³/mol. The number of nitrogens with one attached hydrogen (secondary N) is 1. The normalized spacial score (nSPS) is 16.7. The number of hydrogen-bond donors (Lipinski definition) is 1. The Morgan fingerprint density at radius 3 is 2.89 bits per heavy atom. The van der Waals surface area contributed by atoms with Crippen LogP contribution in [0.3, 0.4) is 0 Å². The van der Waals surface area contributed by atoms with E-state index in [1.807, 2.05) is 29.7 Å². The van der Waals surface area contributed by atoms with E-state index >= 15 is 0 Å². The smallest absolute Gasteiger partial charge is 0.255 e. The summed E-state index contributed by atoms with van der Waals surface area (Å²) < 4.78 is 1.84. The van der Waals surface area contributed by atoms with Crippen LogP contribution in [0, 0.1) is 6.92 Å². The minimum Gasteiger partial charge on any atom is -0.349 e. The van der Waals surface area contributed by atoms with Crippen LogP contribution in [0.15, 0.2) is 18.3 Å². The number of carbonyl (C=O) groups is 1. The summed E-state index contributed by atoms with van der Waals surface area (Å²) in [5, 5.41) is 11.2. The first-order valence-corrected chi connectivity index (χ1v) is 6.87. The molecule has 5 heteroatoms. The number of carbonyl (C=O) groups excluding carboxylic acids is 1. The van der Waals surface area contributed by atoms with Crippen molar-refractivity contribution in [3.05, 3.63) is 29.7 Å². The average Bonchev–Trinajstić information content (AvgIpc) is 2.82. The van der Waals surface area contributed by atoms with Crippen LogP contribution >= 0.6 is 0 Å². The molecule has 2 aromatic rings. The molecular weight excluding hydrogens is 240 g/mol. The van der Waals surface area contributed by atoms with E-state index in [-0.39, 0.29) is 5.91 Å². The van der Waals surface area contributed by atoms with Crippen molar-refractivity contribution in [1.29, 1.82) is 0 Å². The minimum atomic E-state index is -0.0371. The van der Waals surface area contributed by atoms with Crippen LogP contribution in [0.25, 0.3) is 5.65 Å². The van der Waals surface area contributed by atoms with Crippen molar-refractivity contribution in [3.8, 4) is 0 Å². The Morgan fingerprint density at radius 2 is 2.11 bits per heavy atom. The first-order chi connectivity index (χ1) is 9.25. The van der Waals surface area contributed by atoms with Gasteiger partial charge in [0.25, 0.3) is 5.91 Å². The van der Waals surface area contributed by atoms with Crippen molar-refractivity contribution in [2.24, 2.45) is 0 Å². The fraction of sp³-hybridized carbons (Fsp3) is 0.500. The fourth-order valence-corrected chi connectivity index (χ4v) is 2.72. The molecule has 0 bridgehead atoms. The maximum Gasteiger partial charge on any atom is 0.255 e. The zero-order valence-electron chi connectivity index (χ0n) is 11.1. The van der Waals surface area contributed by atoms with Gasteiger partial charge in [0, 0.05) is 12.2 Å². The van der Waals surface area contributed by atoms with Gasteiger partial charge >= 0.3 is 0 Å². The number of aryl methyl sites for hydroxylation is 1. The van der Waals surface area contributed by atoms with E-state index < -0.39 is 0 Å². The van der Waals surface area contributed by atoms with Crippen molar-refractivity contribution in [2.45, 2.75) is 45.1 Å². The highest BCUT2D eigenvalue weighted by Gasteiger charge is 2.19. The summed E-state index contributed by atoms with van der Waals surface area (Å²) in [7, 11) is 0. The number of aromatic nitrogens is 3. The largest absolute Gasteiger partial charge is 0.349 e. The molecule has 1 aliphatic carbocycles. The van der Waals surface area contributed by atoms with Crippen LogP contribution in [-0.4, -0.2) is 26.5 Å². The summed E-state index contributed by atoms with van der Waals surface area (Å²) in [6.07, 6.45) is 7.74. The van der Waals surface area contributed by atoms with Crippen LogP contribution in [0.1, 0.15) is 48.3 Å². The topological polar surface area (TPSA) is 59.3 Å². The van der Waals surface area contributed by atoms with Gasteiger partial charge in [-0.25, -0.2) is 0 Å². The maximum atomic E-state index is 12.3. The van der Waals surface area contributed by atoms with Gasteiger partial charge in [-0.1, -0.05) is 19.3 Å². The van der Waals surface area contributed by atoms with E-state index in [0.717, 1.165) is 18.7 Å². The summed E-state index contributed by atoms with van der Waals surface area (Å²) in [4.78, 5) is 12.3. The zero-order chi connectivity index (χ0) is 13.2. The van der Waals surface area contributed by atoms with Crippen LogP contribution in [-0.2, 0) is 0 Å². The molecule has 0 aliphatic heterocycles. The molecule has 1 saturated carbocycles. The molecule has 1 amide bonds. The molecule has 100 valence electrons. The van der Waals surface area contributed by atoms with E-state index in [1.54, 1.807) is 0 Å². The van der Waals surface area contributed by atoms with E-state index in [2.05, 4.69) is 15.5 Å². The second-order valence-corrected chi connectivity index (χ2v) is 5.17. The molecule has 5 nitrogen and oxygen atoms in total. The van der Waals surface area contributed by atoms with Crippen LogP contribution in [0.2, 0.25) is 0 Å². The summed E-state index contributed by atoms with van der Waals surface area (Å²) in [6.45, 7) is 1.88. The van der Waals surface area contributed by atoms with Gasteiger partial charge in [-0.3, -0.25) is 9.20 Å². The molecule has 3 rings (SSSR count). The third kappa shape index (κ3) is 2.32. The SMILES string of the molecule is Cc1nnc2c(C(=O)NC3CCCCC3)cccn12. The molecular formula is C14H18N4O. The first kappa shape index (κ1) is 12.1. The monoisotopic (exact) mass is 258 g/mol. The Hall–Kier alpha value is -1.91. The van der Waals surface area contributed by atoms with E-state index in [4.69, 9.17) is 0 Å². The molecule has 0 radical (unpaired) electrons. The molecule has 0 saturated heterocycles. The molecule has 19 heavy (non-hydrogen) atoms. The van der Waals surface area contributed by atoms with Gasteiger partial charge in [-0.05, 0) is 31.9 Å². The predicted octanol–water partition coefficient (Wildman–Crippen LogP) is 2.10. The zero-order valence-corrected chi connectivity index (χ0v) is 11.1. The second kappa shape index (κ2) is 4.99. The number of nitrogens with zero attached hydrogens (tertiary/aromatic N) is 3. The minimum absolute atomic E-state index is 0.0371. The third-order valence-electron chi connectivity index (χ3n) is 3.79. The summed E-state index contributed by atoms with van der Waals surface area (Å²) >= 11 is 0. The quantitative estimate of drug-likeness (QED) is 0.897. The van der Waals surface area contributed by atoms with Crippen LogP contribution in [0.4, 0.5) is 0 Å². The first-order valence-electron chi connectivity index (χ1n) is 6.87. The van der Waals surface area contributed by atoms with Crippen molar-refractivity contribution in [3.63, 3.8) is 0 Å². The van der Waals surface area contributed by atoms with Gasteiger partial charge in [0.05, 0.1) is 5.56 Å². The maximum absolute atomic E-state index is 12.3. The van der Waals surface area contributed by atoms with Crippen molar-refractivity contribution in [1.82, 2.24) is 19.9 Å². The van der Waals surface area contributed by atoms with Gasteiger partial charge in [0.2, 0.25) is 0 Å². The molecule has 1 N–H and O–H groups in total. The van der Waals surface area contributed by atoms with Crippen LogP contribution < -0.4 is 5.32 Å². The van der Waals surface area contributed by atoms with Gasteiger partial charge in [0.1, 0.15) is 5.82 Å². The van der Waals surface area contributed by atoms with Crippen molar-refractivity contribution in [2.75, 3.05) is 0 Å². The Kier molecular flexibility index (Phi) is 3.19. The average molecular weight is 258 g/mol. The van der Waals surface area contributed by atoms with Crippen molar-refractivity contribution < 1.29 is 4.79 Å². The molecule has 2 aromatic heterocycles. The number of hydrogen-bond acceptors (Lipinski definition) is 3. The molecule has 0 aromatic carbocycles. The summed E-state index contributed by atoms with van der Waals surface area (Å²) in [5.41, 5.74) is 1.24. The van der Waals surface area contributed by atoms with Gasteiger partial charge < -0.3 is 5.32 Å². The van der Waals surface area contributed by atoms with E-state index in [1.165, 1.54) is 19.3 Å². The molecule has 2 heterocycles. The third-order valence-corrected chi connectivity index (χ3v) is 3.79. The van der Waals surface area contributed by atoms with Gasteiger partial charge in [-0.15, -0.1) is 10.2 Å². The Balaban J connectivity index is 1.84. The lowest BCUT2D eigenvalue weighted by molar-refractivity contribution is 0.0929.